The largest absolute Gasteiger partial charge is 0.493 e. The monoisotopic (exact) mass is 479 g/mol. The Bertz CT molecular complexity index is 1030. The second-order valence-electron chi connectivity index (χ2n) is 5.76. The number of carbonyl (C=O) groups excluding carboxylic acids is 1. The third-order valence-electron chi connectivity index (χ3n) is 3.78. The summed E-state index contributed by atoms with van der Waals surface area (Å²) < 4.78 is 7.30. The summed E-state index contributed by atoms with van der Waals surface area (Å²) in [5.41, 5.74) is 2.90. The number of hydrogen-bond donors (Lipinski definition) is 2. The lowest BCUT2D eigenvalue weighted by Crippen LogP contribution is -2.07. The van der Waals surface area contributed by atoms with Gasteiger partial charge in [0.05, 0.1) is 5.52 Å². The number of aryl methyl sites for hydroxylation is 2. The highest BCUT2D eigenvalue weighted by Crippen LogP contribution is 2.37. The van der Waals surface area contributed by atoms with Crippen molar-refractivity contribution in [1.82, 2.24) is 4.98 Å². The van der Waals surface area contributed by atoms with E-state index in [9.17, 15) is 9.90 Å². The molecule has 3 aromatic rings. The Labute approximate surface area is 166 Å². The molecule has 0 saturated carbocycles. The molecular weight excluding hydrogens is 466 g/mol. The van der Waals surface area contributed by atoms with Gasteiger partial charge in [-0.15, -0.1) is 10.2 Å². The Morgan fingerprint density at radius 2 is 1.88 bits per heavy atom. The van der Waals surface area contributed by atoms with Gasteiger partial charge in [-0.3, -0.25) is 4.79 Å². The predicted molar refractivity (Wildman–Crippen MR) is 106 cm³/mol. The van der Waals surface area contributed by atoms with Gasteiger partial charge in [0.2, 0.25) is 5.88 Å². The Hall–Kier alpha value is -2.19. The van der Waals surface area contributed by atoms with Crippen molar-refractivity contribution >= 4 is 54.4 Å². The minimum atomic E-state index is -0.548. The number of amides is 1. The summed E-state index contributed by atoms with van der Waals surface area (Å²) >= 11 is 6.84. The van der Waals surface area contributed by atoms with Gasteiger partial charge in [-0.25, -0.2) is 0 Å². The lowest BCUT2D eigenvalue weighted by atomic mass is 10.1. The van der Waals surface area contributed by atoms with Crippen LogP contribution >= 0.6 is 31.9 Å². The number of hydrogen-bond acceptors (Lipinski definition) is 4. The second-order valence-corrected chi connectivity index (χ2v) is 7.47. The van der Waals surface area contributed by atoms with E-state index >= 15 is 0 Å². The molecule has 0 aliphatic carbocycles. The van der Waals surface area contributed by atoms with Crippen molar-refractivity contribution in [2.45, 2.75) is 13.8 Å². The average Bonchev–Trinajstić information content (AvgIpc) is 2.89. The van der Waals surface area contributed by atoms with E-state index in [0.29, 0.717) is 16.7 Å². The molecule has 0 aliphatic heterocycles. The molecule has 3 rings (SSSR count). The Balaban J connectivity index is 1.74. The third-order valence-corrected chi connectivity index (χ3v) is 5.53. The van der Waals surface area contributed by atoms with E-state index in [1.54, 1.807) is 6.07 Å². The lowest BCUT2D eigenvalue weighted by molar-refractivity contribution is -0.120. The van der Waals surface area contributed by atoms with E-state index < -0.39 is 5.91 Å². The molecule has 0 unspecified atom stereocenters. The molecule has 2 N–H and O–H groups in total. The number of fused-ring (bicyclic) bond motifs is 1. The highest BCUT2D eigenvalue weighted by Gasteiger charge is 2.13. The van der Waals surface area contributed by atoms with Gasteiger partial charge in [0.25, 0.3) is 0 Å². The lowest BCUT2D eigenvalue weighted by Gasteiger charge is -2.05. The minimum absolute atomic E-state index is 0.140. The summed E-state index contributed by atoms with van der Waals surface area (Å²) in [4.78, 5) is 14.8. The molecule has 0 bridgehead atoms. The van der Waals surface area contributed by atoms with Gasteiger partial charge in [0.15, 0.2) is 12.3 Å². The van der Waals surface area contributed by atoms with E-state index in [4.69, 9.17) is 4.74 Å². The minimum Gasteiger partial charge on any atom is -0.493 e. The van der Waals surface area contributed by atoms with E-state index in [0.717, 1.165) is 20.1 Å². The first-order valence-corrected chi connectivity index (χ1v) is 9.28. The molecule has 2 aromatic carbocycles. The molecule has 1 amide bonds. The fourth-order valence-corrected chi connectivity index (χ4v) is 2.97. The first-order chi connectivity index (χ1) is 12.3. The topological polar surface area (TPSA) is 87.0 Å². The van der Waals surface area contributed by atoms with Crippen LogP contribution in [0, 0.1) is 13.8 Å². The molecule has 0 radical (unpaired) electrons. The van der Waals surface area contributed by atoms with Crippen LogP contribution < -0.4 is 4.74 Å². The zero-order valence-electron chi connectivity index (χ0n) is 14.0. The Morgan fingerprint density at radius 1 is 1.15 bits per heavy atom. The van der Waals surface area contributed by atoms with Gasteiger partial charge in [0.1, 0.15) is 5.75 Å². The number of halogens is 2. The molecule has 0 fully saturated rings. The zero-order chi connectivity index (χ0) is 18.8. The van der Waals surface area contributed by atoms with Crippen LogP contribution in [0.3, 0.4) is 0 Å². The van der Waals surface area contributed by atoms with Crippen LogP contribution in [0.25, 0.3) is 10.9 Å². The number of H-pyrrole nitrogens is 1. The number of nitrogens with zero attached hydrogens (tertiary/aromatic N) is 2. The summed E-state index contributed by atoms with van der Waals surface area (Å²) in [6, 6.07) is 9.12. The molecule has 134 valence electrons. The molecule has 0 saturated heterocycles. The van der Waals surface area contributed by atoms with Gasteiger partial charge < -0.3 is 14.8 Å². The van der Waals surface area contributed by atoms with Gasteiger partial charge in [-0.2, -0.15) is 0 Å². The molecule has 0 spiro atoms. The van der Waals surface area contributed by atoms with Crippen molar-refractivity contribution in [1.29, 1.82) is 0 Å². The van der Waals surface area contributed by atoms with Crippen molar-refractivity contribution in [3.05, 3.63) is 50.4 Å². The third kappa shape index (κ3) is 3.96. The number of azo groups is 1. The molecule has 26 heavy (non-hydrogen) atoms. The highest BCUT2D eigenvalue weighted by atomic mass is 79.9. The maximum atomic E-state index is 11.9. The fourth-order valence-electron chi connectivity index (χ4n) is 2.38. The molecule has 8 heteroatoms. The number of rotatable bonds is 4. The quantitative estimate of drug-likeness (QED) is 0.469. The summed E-state index contributed by atoms with van der Waals surface area (Å²) in [6.07, 6.45) is 0. The Morgan fingerprint density at radius 3 is 2.62 bits per heavy atom. The summed E-state index contributed by atoms with van der Waals surface area (Å²) in [5, 5.41) is 18.3. The van der Waals surface area contributed by atoms with E-state index in [1.165, 1.54) is 0 Å². The van der Waals surface area contributed by atoms with E-state index in [2.05, 4.69) is 47.1 Å². The molecular formula is C18H15Br2N3O3. The van der Waals surface area contributed by atoms with Crippen molar-refractivity contribution < 1.29 is 14.6 Å². The first kappa shape index (κ1) is 18.6. The van der Waals surface area contributed by atoms with Gasteiger partial charge in [-0.05, 0) is 55.3 Å². The molecule has 0 aliphatic rings. The standard InChI is InChI=1S/C18H15Br2N3O3/c1-9-5-11(3-4-13(9)19)26-8-16(24)22-23-17-12-6-10(2)14(20)7-15(12)21-18(17)25/h3-7,21,25H,8H2,1-2H3. The maximum absolute atomic E-state index is 11.9. The fraction of sp³-hybridized carbons (Fsp3) is 0.167. The normalized spacial score (nSPS) is 11.4. The van der Waals surface area contributed by atoms with Crippen LogP contribution in [0.5, 0.6) is 11.6 Å². The van der Waals surface area contributed by atoms with Crippen LogP contribution in [0.2, 0.25) is 0 Å². The number of ether oxygens (including phenoxy) is 1. The highest BCUT2D eigenvalue weighted by molar-refractivity contribution is 9.10. The summed E-state index contributed by atoms with van der Waals surface area (Å²) in [6.45, 7) is 3.62. The van der Waals surface area contributed by atoms with Crippen LogP contribution in [0.4, 0.5) is 5.69 Å². The summed E-state index contributed by atoms with van der Waals surface area (Å²) in [5.74, 6) is -0.115. The zero-order valence-corrected chi connectivity index (χ0v) is 17.2. The molecule has 1 heterocycles. The van der Waals surface area contributed by atoms with Crippen LogP contribution in [-0.4, -0.2) is 22.6 Å². The van der Waals surface area contributed by atoms with Crippen molar-refractivity contribution in [2.24, 2.45) is 10.2 Å². The van der Waals surface area contributed by atoms with Gasteiger partial charge in [0, 0.05) is 14.3 Å². The second kappa shape index (κ2) is 7.59. The predicted octanol–water partition coefficient (Wildman–Crippen LogP) is 5.70. The van der Waals surface area contributed by atoms with Crippen LogP contribution in [-0.2, 0) is 4.79 Å². The first-order valence-electron chi connectivity index (χ1n) is 7.69. The van der Waals surface area contributed by atoms with Crippen molar-refractivity contribution in [3.63, 3.8) is 0 Å². The maximum Gasteiger partial charge on any atom is 0.302 e. The number of benzene rings is 2. The number of aromatic amines is 1. The van der Waals surface area contributed by atoms with E-state index in [1.807, 2.05) is 38.1 Å². The SMILES string of the molecule is Cc1cc(OCC(=O)N=Nc2c(O)[nH]c3cc(Br)c(C)cc23)ccc1Br. The number of aromatic hydroxyl groups is 1. The smallest absolute Gasteiger partial charge is 0.302 e. The number of nitrogens with one attached hydrogen (secondary N) is 1. The molecule has 0 atom stereocenters. The van der Waals surface area contributed by atoms with Gasteiger partial charge in [-0.1, -0.05) is 31.9 Å². The molecule has 1 aromatic heterocycles. The molecule has 6 nitrogen and oxygen atoms in total. The number of aromatic nitrogens is 1. The van der Waals surface area contributed by atoms with Crippen molar-refractivity contribution in [2.75, 3.05) is 6.61 Å². The van der Waals surface area contributed by atoms with E-state index in [-0.39, 0.29) is 18.2 Å². The summed E-state index contributed by atoms with van der Waals surface area (Å²) in [7, 11) is 0. The van der Waals surface area contributed by atoms with Crippen LogP contribution in [0.1, 0.15) is 11.1 Å². The average molecular weight is 481 g/mol. The van der Waals surface area contributed by atoms with Crippen LogP contribution in [0.15, 0.2) is 49.5 Å². The Kier molecular flexibility index (Phi) is 5.43. The van der Waals surface area contributed by atoms with Gasteiger partial charge >= 0.3 is 5.91 Å². The number of carbonyl (C=O) groups is 1. The van der Waals surface area contributed by atoms with Crippen molar-refractivity contribution in [3.8, 4) is 11.6 Å².